The zero-order valence-electron chi connectivity index (χ0n) is 13.6. The molecular weight excluding hydrogens is 292 g/mol. The zero-order valence-corrected chi connectivity index (χ0v) is 13.6. The van der Waals surface area contributed by atoms with Gasteiger partial charge in [0.2, 0.25) is 11.8 Å². The summed E-state index contributed by atoms with van der Waals surface area (Å²) in [5.74, 6) is 0.161. The second kappa shape index (κ2) is 7.13. The molecular formula is C18H24N2O3. The number of carbonyl (C=O) groups excluding carboxylic acids is 2. The Morgan fingerprint density at radius 1 is 1.35 bits per heavy atom. The van der Waals surface area contributed by atoms with Crippen molar-refractivity contribution in [2.24, 2.45) is 0 Å². The van der Waals surface area contributed by atoms with Crippen molar-refractivity contribution in [3.8, 4) is 0 Å². The normalized spacial score (nSPS) is 23.4. The number of hydrogen-bond donors (Lipinski definition) is 1. The Kier molecular flexibility index (Phi) is 4.96. The average Bonchev–Trinajstić information content (AvgIpc) is 3.03. The fraction of sp³-hybridized carbons (Fsp3) is 0.556. The molecule has 2 heterocycles. The van der Waals surface area contributed by atoms with Gasteiger partial charge in [-0.3, -0.25) is 9.59 Å². The fourth-order valence-electron chi connectivity index (χ4n) is 3.43. The molecule has 5 heteroatoms. The number of amides is 2. The smallest absolute Gasteiger partial charge is 0.223 e. The molecule has 2 atom stereocenters. The van der Waals surface area contributed by atoms with E-state index in [9.17, 15) is 9.59 Å². The van der Waals surface area contributed by atoms with Crippen LogP contribution in [-0.4, -0.2) is 42.5 Å². The van der Waals surface area contributed by atoms with Crippen molar-refractivity contribution < 1.29 is 14.3 Å². The van der Waals surface area contributed by atoms with Gasteiger partial charge >= 0.3 is 0 Å². The summed E-state index contributed by atoms with van der Waals surface area (Å²) in [5.41, 5.74) is 2.40. The predicted molar refractivity (Wildman–Crippen MR) is 86.9 cm³/mol. The molecule has 0 unspecified atom stereocenters. The van der Waals surface area contributed by atoms with Crippen LogP contribution in [0.2, 0.25) is 0 Å². The van der Waals surface area contributed by atoms with E-state index >= 15 is 0 Å². The summed E-state index contributed by atoms with van der Waals surface area (Å²) in [6.45, 7) is 3.89. The van der Waals surface area contributed by atoms with E-state index in [1.54, 1.807) is 0 Å². The summed E-state index contributed by atoms with van der Waals surface area (Å²) in [7, 11) is 0. The largest absolute Gasteiger partial charge is 0.373 e. The van der Waals surface area contributed by atoms with E-state index in [0.717, 1.165) is 24.9 Å². The number of likely N-dealkylation sites (tertiary alicyclic amines) is 1. The minimum atomic E-state index is -0.158. The molecule has 2 amide bonds. The monoisotopic (exact) mass is 316 g/mol. The fourth-order valence-corrected chi connectivity index (χ4v) is 3.43. The summed E-state index contributed by atoms with van der Waals surface area (Å²) in [6, 6.07) is 8.23. The lowest BCUT2D eigenvalue weighted by Crippen LogP contribution is -2.39. The number of nitrogens with zero attached hydrogens (tertiary/aromatic N) is 1. The Morgan fingerprint density at radius 2 is 2.17 bits per heavy atom. The molecule has 0 radical (unpaired) electrons. The highest BCUT2D eigenvalue weighted by Crippen LogP contribution is 2.29. The van der Waals surface area contributed by atoms with Crippen molar-refractivity contribution >= 4 is 11.8 Å². The van der Waals surface area contributed by atoms with Gasteiger partial charge in [0.1, 0.15) is 0 Å². The summed E-state index contributed by atoms with van der Waals surface area (Å²) in [5, 5.41) is 3.05. The summed E-state index contributed by atoms with van der Waals surface area (Å²) >= 11 is 0. The van der Waals surface area contributed by atoms with Crippen LogP contribution in [0.3, 0.4) is 0 Å². The van der Waals surface area contributed by atoms with Gasteiger partial charge in [-0.15, -0.1) is 0 Å². The van der Waals surface area contributed by atoms with Crippen LogP contribution in [-0.2, 0) is 20.7 Å². The quantitative estimate of drug-likeness (QED) is 0.922. The van der Waals surface area contributed by atoms with E-state index in [1.165, 1.54) is 5.56 Å². The molecule has 0 bridgehead atoms. The molecule has 1 fully saturated rings. The zero-order chi connectivity index (χ0) is 16.2. The minimum Gasteiger partial charge on any atom is -0.373 e. The molecule has 0 saturated carbocycles. The molecule has 1 N–H and O–H groups in total. The van der Waals surface area contributed by atoms with Gasteiger partial charge in [-0.1, -0.05) is 31.2 Å². The van der Waals surface area contributed by atoms with Crippen LogP contribution in [0, 0.1) is 0 Å². The molecule has 0 aliphatic carbocycles. The summed E-state index contributed by atoms with van der Waals surface area (Å²) in [6.07, 6.45) is 2.45. The van der Waals surface area contributed by atoms with Gasteiger partial charge in [0.05, 0.1) is 19.1 Å². The van der Waals surface area contributed by atoms with Crippen LogP contribution in [0.25, 0.3) is 0 Å². The Bertz CT molecular complexity index is 587. The number of benzene rings is 1. The van der Waals surface area contributed by atoms with Crippen LogP contribution in [0.1, 0.15) is 43.4 Å². The number of fused-ring (bicyclic) bond motifs is 1. The third-order valence-electron chi connectivity index (χ3n) is 4.67. The molecule has 0 spiro atoms. The number of carbonyl (C=O) groups is 2. The van der Waals surface area contributed by atoms with Gasteiger partial charge in [-0.05, 0) is 24.0 Å². The molecule has 0 aromatic heterocycles. The number of ether oxygens (including phenoxy) is 1. The van der Waals surface area contributed by atoms with E-state index in [0.29, 0.717) is 26.0 Å². The molecule has 124 valence electrons. The number of rotatable bonds is 4. The maximum absolute atomic E-state index is 12.3. The van der Waals surface area contributed by atoms with Gasteiger partial charge in [-0.2, -0.15) is 0 Å². The number of nitrogens with one attached hydrogen (secondary N) is 1. The van der Waals surface area contributed by atoms with Crippen molar-refractivity contribution in [2.75, 3.05) is 19.7 Å². The lowest BCUT2D eigenvalue weighted by Gasteiger charge is -2.26. The van der Waals surface area contributed by atoms with Crippen LogP contribution >= 0.6 is 0 Å². The molecule has 23 heavy (non-hydrogen) atoms. The number of hydrogen-bond acceptors (Lipinski definition) is 3. The Labute approximate surface area is 137 Å². The van der Waals surface area contributed by atoms with Crippen molar-refractivity contribution in [1.29, 1.82) is 0 Å². The molecule has 3 rings (SSSR count). The van der Waals surface area contributed by atoms with E-state index in [2.05, 4.69) is 11.4 Å². The predicted octanol–water partition coefficient (Wildman–Crippen LogP) is 1.82. The first-order valence-electron chi connectivity index (χ1n) is 8.44. The highest BCUT2D eigenvalue weighted by Gasteiger charge is 2.28. The topological polar surface area (TPSA) is 58.6 Å². The van der Waals surface area contributed by atoms with Crippen molar-refractivity contribution in [2.45, 2.75) is 44.8 Å². The highest BCUT2D eigenvalue weighted by molar-refractivity contribution is 5.78. The van der Waals surface area contributed by atoms with Crippen molar-refractivity contribution in [3.63, 3.8) is 0 Å². The van der Waals surface area contributed by atoms with Crippen LogP contribution in [0.5, 0.6) is 0 Å². The van der Waals surface area contributed by atoms with E-state index in [-0.39, 0.29) is 24.0 Å². The minimum absolute atomic E-state index is 0.00232. The van der Waals surface area contributed by atoms with Crippen LogP contribution in [0.4, 0.5) is 0 Å². The first-order valence-corrected chi connectivity index (χ1v) is 8.44. The first kappa shape index (κ1) is 16.0. The maximum atomic E-state index is 12.3. The van der Waals surface area contributed by atoms with E-state index in [4.69, 9.17) is 4.74 Å². The molecule has 5 nitrogen and oxygen atoms in total. The van der Waals surface area contributed by atoms with Crippen LogP contribution < -0.4 is 5.32 Å². The van der Waals surface area contributed by atoms with Crippen LogP contribution in [0.15, 0.2) is 24.3 Å². The maximum Gasteiger partial charge on any atom is 0.223 e. The average molecular weight is 316 g/mol. The summed E-state index contributed by atoms with van der Waals surface area (Å²) < 4.78 is 5.79. The molecule has 2 aliphatic rings. The lowest BCUT2D eigenvalue weighted by molar-refractivity contribution is -0.130. The second-order valence-corrected chi connectivity index (χ2v) is 6.26. The van der Waals surface area contributed by atoms with Gasteiger partial charge in [-0.25, -0.2) is 0 Å². The molecule has 1 saturated heterocycles. The third kappa shape index (κ3) is 3.72. The van der Waals surface area contributed by atoms with Gasteiger partial charge < -0.3 is 15.0 Å². The molecule has 2 aliphatic heterocycles. The first-order chi connectivity index (χ1) is 11.2. The van der Waals surface area contributed by atoms with Crippen molar-refractivity contribution in [3.05, 3.63) is 35.4 Å². The second-order valence-electron chi connectivity index (χ2n) is 6.26. The third-order valence-corrected chi connectivity index (χ3v) is 4.67. The van der Waals surface area contributed by atoms with E-state index < -0.39 is 0 Å². The van der Waals surface area contributed by atoms with Gasteiger partial charge in [0.25, 0.3) is 0 Å². The lowest BCUT2D eigenvalue weighted by atomic mass is 9.95. The molecule has 1 aromatic rings. The Balaban J connectivity index is 1.54. The van der Waals surface area contributed by atoms with E-state index in [1.807, 2.05) is 30.0 Å². The van der Waals surface area contributed by atoms with Crippen molar-refractivity contribution in [1.82, 2.24) is 10.2 Å². The molecule has 1 aromatic carbocycles. The Morgan fingerprint density at radius 3 is 3.00 bits per heavy atom. The standard InChI is InChI=1S/C18H24N2O3/c1-2-18(22)20-9-7-14(12-20)19-17(21)11-16-15-6-4-3-5-13(15)8-10-23-16/h3-6,14,16H,2,7-12H2,1H3,(H,19,21)/t14-,16-/m0/s1. The SMILES string of the molecule is CCC(=O)N1CC[C@H](NC(=O)C[C@@H]2OCCc3ccccc32)C1. The van der Waals surface area contributed by atoms with Gasteiger partial charge in [0, 0.05) is 25.6 Å². The van der Waals surface area contributed by atoms with Gasteiger partial charge in [0.15, 0.2) is 0 Å². The Hall–Kier alpha value is -1.88. The summed E-state index contributed by atoms with van der Waals surface area (Å²) in [4.78, 5) is 25.9. The highest BCUT2D eigenvalue weighted by atomic mass is 16.5.